The maximum atomic E-state index is 5.91. The van der Waals surface area contributed by atoms with Crippen LogP contribution in [0.2, 0.25) is 0 Å². The van der Waals surface area contributed by atoms with Gasteiger partial charge in [0.1, 0.15) is 0 Å². The Bertz CT molecular complexity index is 396. The second kappa shape index (κ2) is 4.05. The molecule has 0 atom stereocenters. The fourth-order valence-corrected chi connectivity index (χ4v) is 3.25. The van der Waals surface area contributed by atoms with E-state index in [9.17, 15) is 0 Å². The highest BCUT2D eigenvalue weighted by Crippen LogP contribution is 2.38. The van der Waals surface area contributed by atoms with Crippen molar-refractivity contribution in [3.05, 3.63) is 34.9 Å². The molecule has 1 heterocycles. The van der Waals surface area contributed by atoms with Crippen LogP contribution in [0.25, 0.3) is 0 Å². The largest absolute Gasteiger partial charge is 0.379 e. The lowest BCUT2D eigenvalue weighted by Gasteiger charge is -2.42. The number of halogens is 1. The van der Waals surface area contributed by atoms with Crippen molar-refractivity contribution in [1.29, 1.82) is 0 Å². The van der Waals surface area contributed by atoms with E-state index in [-0.39, 0.29) is 5.41 Å². The summed E-state index contributed by atoms with van der Waals surface area (Å²) in [5.74, 6) is 0.723. The van der Waals surface area contributed by atoms with Crippen LogP contribution in [0.4, 0.5) is 0 Å². The van der Waals surface area contributed by atoms with Crippen LogP contribution in [0.1, 0.15) is 29.5 Å². The highest BCUT2D eigenvalue weighted by atomic mass is 35.5. The first-order chi connectivity index (χ1) is 7.84. The Balaban J connectivity index is 1.93. The Morgan fingerprint density at radius 2 is 2.00 bits per heavy atom. The van der Waals surface area contributed by atoms with Gasteiger partial charge in [0.2, 0.25) is 0 Å². The summed E-state index contributed by atoms with van der Waals surface area (Å²) in [5, 5.41) is 0. The molecule has 0 saturated carbocycles. The zero-order chi connectivity index (χ0) is 11.0. The molecule has 0 unspecified atom stereocenters. The van der Waals surface area contributed by atoms with Gasteiger partial charge in [-0.2, -0.15) is 0 Å². The van der Waals surface area contributed by atoms with Gasteiger partial charge in [-0.3, -0.25) is 0 Å². The normalized spacial score (nSPS) is 21.6. The quantitative estimate of drug-likeness (QED) is 0.733. The van der Waals surface area contributed by atoms with Crippen molar-refractivity contribution in [3.8, 4) is 0 Å². The van der Waals surface area contributed by atoms with E-state index in [1.165, 1.54) is 24.8 Å². The van der Waals surface area contributed by atoms with Crippen LogP contribution < -0.4 is 0 Å². The van der Waals surface area contributed by atoms with E-state index in [0.717, 1.165) is 25.5 Å². The van der Waals surface area contributed by atoms with Crippen LogP contribution in [0.3, 0.4) is 0 Å². The van der Waals surface area contributed by atoms with Gasteiger partial charge in [-0.25, -0.2) is 0 Å². The van der Waals surface area contributed by atoms with E-state index in [1.54, 1.807) is 11.1 Å². The SMILES string of the molecule is ClCCC1(c2ccc3c(c2)CCC3)COC1. The van der Waals surface area contributed by atoms with Crippen molar-refractivity contribution in [2.45, 2.75) is 31.1 Å². The molecule has 0 bridgehead atoms. The fraction of sp³-hybridized carbons (Fsp3) is 0.571. The van der Waals surface area contributed by atoms with E-state index in [2.05, 4.69) is 18.2 Å². The molecule has 1 aliphatic carbocycles. The number of fused-ring (bicyclic) bond motifs is 1. The van der Waals surface area contributed by atoms with Crippen LogP contribution in [0.15, 0.2) is 18.2 Å². The molecule has 0 aromatic heterocycles. The van der Waals surface area contributed by atoms with Gasteiger partial charge in [-0.05, 0) is 42.4 Å². The predicted molar refractivity (Wildman–Crippen MR) is 66.3 cm³/mol. The third-order valence-electron chi connectivity index (χ3n) is 4.04. The highest BCUT2D eigenvalue weighted by molar-refractivity contribution is 6.17. The van der Waals surface area contributed by atoms with Gasteiger partial charge in [-0.1, -0.05) is 18.2 Å². The molecule has 86 valence electrons. The molecular weight excluding hydrogens is 220 g/mol. The summed E-state index contributed by atoms with van der Waals surface area (Å²) in [6.07, 6.45) is 4.86. The maximum Gasteiger partial charge on any atom is 0.0586 e. The highest BCUT2D eigenvalue weighted by Gasteiger charge is 2.39. The predicted octanol–water partition coefficient (Wildman–Crippen LogP) is 3.07. The van der Waals surface area contributed by atoms with Gasteiger partial charge >= 0.3 is 0 Å². The summed E-state index contributed by atoms with van der Waals surface area (Å²) >= 11 is 5.91. The summed E-state index contributed by atoms with van der Waals surface area (Å²) in [4.78, 5) is 0. The molecule has 2 aliphatic rings. The fourth-order valence-electron chi connectivity index (χ4n) is 2.89. The lowest BCUT2D eigenvalue weighted by molar-refractivity contribution is -0.0616. The second-order valence-electron chi connectivity index (χ2n) is 5.05. The smallest absolute Gasteiger partial charge is 0.0586 e. The van der Waals surface area contributed by atoms with E-state index in [0.29, 0.717) is 0 Å². The third-order valence-corrected chi connectivity index (χ3v) is 4.23. The van der Waals surface area contributed by atoms with Crippen LogP contribution in [0, 0.1) is 0 Å². The molecule has 1 aliphatic heterocycles. The zero-order valence-electron chi connectivity index (χ0n) is 9.47. The summed E-state index contributed by atoms with van der Waals surface area (Å²) < 4.78 is 5.41. The molecule has 1 aromatic rings. The molecule has 1 saturated heterocycles. The van der Waals surface area contributed by atoms with E-state index >= 15 is 0 Å². The molecule has 0 spiro atoms. The molecule has 16 heavy (non-hydrogen) atoms. The number of rotatable bonds is 3. The van der Waals surface area contributed by atoms with Crippen molar-refractivity contribution < 1.29 is 4.74 Å². The Morgan fingerprint density at radius 3 is 2.69 bits per heavy atom. The molecule has 0 amide bonds. The van der Waals surface area contributed by atoms with Crippen molar-refractivity contribution in [3.63, 3.8) is 0 Å². The number of hydrogen-bond donors (Lipinski definition) is 0. The van der Waals surface area contributed by atoms with Gasteiger partial charge in [0.25, 0.3) is 0 Å². The number of aryl methyl sites for hydroxylation is 2. The van der Waals surface area contributed by atoms with Gasteiger partial charge in [0.15, 0.2) is 0 Å². The van der Waals surface area contributed by atoms with Crippen molar-refractivity contribution in [2.24, 2.45) is 0 Å². The van der Waals surface area contributed by atoms with Crippen LogP contribution in [-0.2, 0) is 23.0 Å². The number of hydrogen-bond acceptors (Lipinski definition) is 1. The first kappa shape index (κ1) is 10.6. The summed E-state index contributed by atoms with van der Waals surface area (Å²) in [7, 11) is 0. The number of ether oxygens (including phenoxy) is 1. The average molecular weight is 237 g/mol. The van der Waals surface area contributed by atoms with E-state index < -0.39 is 0 Å². The molecule has 0 N–H and O–H groups in total. The maximum absolute atomic E-state index is 5.91. The standard InChI is InChI=1S/C14H17ClO/c15-7-6-14(9-16-10-14)13-5-4-11-2-1-3-12(11)8-13/h4-5,8H,1-3,6-7,9-10H2. The van der Waals surface area contributed by atoms with Gasteiger partial charge in [-0.15, -0.1) is 11.6 Å². The lowest BCUT2D eigenvalue weighted by atomic mass is 9.75. The van der Waals surface area contributed by atoms with Gasteiger partial charge < -0.3 is 4.74 Å². The van der Waals surface area contributed by atoms with Crippen molar-refractivity contribution >= 4 is 11.6 Å². The third kappa shape index (κ3) is 1.57. The summed E-state index contributed by atoms with van der Waals surface area (Å²) in [5.41, 5.74) is 4.77. The zero-order valence-corrected chi connectivity index (χ0v) is 10.2. The Labute approximate surface area is 102 Å². The van der Waals surface area contributed by atoms with E-state index in [4.69, 9.17) is 16.3 Å². The number of alkyl halides is 1. The molecule has 1 nitrogen and oxygen atoms in total. The number of benzene rings is 1. The van der Waals surface area contributed by atoms with Crippen LogP contribution in [-0.4, -0.2) is 19.1 Å². The van der Waals surface area contributed by atoms with E-state index in [1.807, 2.05) is 0 Å². The van der Waals surface area contributed by atoms with Crippen molar-refractivity contribution in [2.75, 3.05) is 19.1 Å². The van der Waals surface area contributed by atoms with Crippen LogP contribution in [0.5, 0.6) is 0 Å². The molecule has 0 radical (unpaired) electrons. The van der Waals surface area contributed by atoms with Crippen molar-refractivity contribution in [1.82, 2.24) is 0 Å². The minimum Gasteiger partial charge on any atom is -0.379 e. The molecular formula is C14H17ClO. The Morgan fingerprint density at radius 1 is 1.19 bits per heavy atom. The molecule has 2 heteroatoms. The monoisotopic (exact) mass is 236 g/mol. The van der Waals surface area contributed by atoms with Gasteiger partial charge in [0.05, 0.1) is 13.2 Å². The second-order valence-corrected chi connectivity index (χ2v) is 5.43. The van der Waals surface area contributed by atoms with Gasteiger partial charge in [0, 0.05) is 11.3 Å². The lowest BCUT2D eigenvalue weighted by Crippen LogP contribution is -2.47. The first-order valence-corrected chi connectivity index (χ1v) is 6.63. The average Bonchev–Trinajstić information content (AvgIpc) is 2.70. The molecule has 1 fully saturated rings. The summed E-state index contributed by atoms with van der Waals surface area (Å²) in [6.45, 7) is 1.69. The Hall–Kier alpha value is -0.530. The molecule has 3 rings (SSSR count). The topological polar surface area (TPSA) is 9.23 Å². The molecule has 1 aromatic carbocycles. The minimum atomic E-state index is 0.222. The summed E-state index contributed by atoms with van der Waals surface area (Å²) in [6, 6.07) is 7.00. The van der Waals surface area contributed by atoms with Crippen LogP contribution >= 0.6 is 11.6 Å². The Kier molecular flexibility index (Phi) is 2.68. The first-order valence-electron chi connectivity index (χ1n) is 6.10. The minimum absolute atomic E-state index is 0.222.